The maximum atomic E-state index is 12.9. The van der Waals surface area contributed by atoms with Crippen LogP contribution < -0.4 is 5.32 Å². The number of aryl methyl sites for hydroxylation is 1. The predicted octanol–water partition coefficient (Wildman–Crippen LogP) is 3.49. The molecule has 4 rings (SSSR count). The van der Waals surface area contributed by atoms with Crippen molar-refractivity contribution in [2.45, 2.75) is 13.3 Å². The Bertz CT molecular complexity index is 1030. The normalized spacial score (nSPS) is 16.6. The maximum absolute atomic E-state index is 12.9. The summed E-state index contributed by atoms with van der Waals surface area (Å²) < 4.78 is 0. The summed E-state index contributed by atoms with van der Waals surface area (Å²) in [6.45, 7) is 3.38. The van der Waals surface area contributed by atoms with Gasteiger partial charge in [0.25, 0.3) is 5.91 Å². The number of pyridine rings is 1. The van der Waals surface area contributed by atoms with E-state index in [4.69, 9.17) is 0 Å². The largest absolute Gasteiger partial charge is 0.354 e. The second kappa shape index (κ2) is 8.91. The Morgan fingerprint density at radius 1 is 1.07 bits per heavy atom. The van der Waals surface area contributed by atoms with E-state index in [-0.39, 0.29) is 17.7 Å². The van der Waals surface area contributed by atoms with Gasteiger partial charge >= 0.3 is 0 Å². The van der Waals surface area contributed by atoms with Gasteiger partial charge in [-0.15, -0.1) is 0 Å². The van der Waals surface area contributed by atoms with Crippen molar-refractivity contribution in [1.82, 2.24) is 15.2 Å². The van der Waals surface area contributed by atoms with Crippen LogP contribution in [-0.4, -0.2) is 41.3 Å². The molecule has 1 atom stereocenters. The molecule has 0 bridgehead atoms. The zero-order chi connectivity index (χ0) is 20.9. The zero-order valence-corrected chi connectivity index (χ0v) is 17.0. The minimum absolute atomic E-state index is 0.00923. The van der Waals surface area contributed by atoms with E-state index in [1.165, 1.54) is 5.56 Å². The summed E-state index contributed by atoms with van der Waals surface area (Å²) in [6.07, 6.45) is 2.19. The summed E-state index contributed by atoms with van der Waals surface area (Å²) in [5.41, 5.74) is 4.98. The molecule has 1 fully saturated rings. The lowest BCUT2D eigenvalue weighted by Gasteiger charge is -2.23. The average Bonchev–Trinajstić information content (AvgIpc) is 2.96. The molecule has 0 spiro atoms. The molecule has 30 heavy (non-hydrogen) atoms. The highest BCUT2D eigenvalue weighted by Gasteiger charge is 2.29. The van der Waals surface area contributed by atoms with Crippen molar-refractivity contribution < 1.29 is 9.59 Å². The number of carbonyl (C=O) groups excluding carboxylic acids is 2. The van der Waals surface area contributed by atoms with Crippen LogP contribution in [0.5, 0.6) is 0 Å². The first-order chi connectivity index (χ1) is 14.6. The number of nitrogens with one attached hydrogen (secondary N) is 1. The smallest absolute Gasteiger partial charge is 0.272 e. The third kappa shape index (κ3) is 4.40. The monoisotopic (exact) mass is 399 g/mol. The van der Waals surface area contributed by atoms with Crippen LogP contribution in [0.15, 0.2) is 72.9 Å². The summed E-state index contributed by atoms with van der Waals surface area (Å²) in [7, 11) is 0. The molecule has 5 nitrogen and oxygen atoms in total. The lowest BCUT2D eigenvalue weighted by Crippen LogP contribution is -2.37. The molecular formula is C25H25N3O2. The first-order valence-corrected chi connectivity index (χ1v) is 10.2. The van der Waals surface area contributed by atoms with Crippen molar-refractivity contribution in [3.8, 4) is 11.1 Å². The number of amides is 2. The highest BCUT2D eigenvalue weighted by atomic mass is 16.2. The Labute approximate surface area is 176 Å². The van der Waals surface area contributed by atoms with Gasteiger partial charge in [0.1, 0.15) is 5.69 Å². The van der Waals surface area contributed by atoms with Crippen LogP contribution in [0.1, 0.15) is 21.6 Å². The van der Waals surface area contributed by atoms with E-state index in [0.29, 0.717) is 31.7 Å². The second-order valence-corrected chi connectivity index (χ2v) is 7.68. The number of aromatic nitrogens is 1. The SMILES string of the molecule is Cc1ccc(-c2ccccc2C[C@@H]2CN(C(=O)c3ccccn3)CCNC2=O)cc1. The molecule has 2 aromatic carbocycles. The second-order valence-electron chi connectivity index (χ2n) is 7.68. The number of carbonyl (C=O) groups is 2. The van der Waals surface area contributed by atoms with E-state index < -0.39 is 0 Å². The molecular weight excluding hydrogens is 374 g/mol. The van der Waals surface area contributed by atoms with E-state index in [9.17, 15) is 9.59 Å². The van der Waals surface area contributed by atoms with Crippen molar-refractivity contribution in [2.24, 2.45) is 5.92 Å². The van der Waals surface area contributed by atoms with E-state index in [1.54, 1.807) is 29.3 Å². The third-order valence-electron chi connectivity index (χ3n) is 5.51. The Kier molecular flexibility index (Phi) is 5.89. The van der Waals surface area contributed by atoms with Gasteiger partial charge in [-0.05, 0) is 42.2 Å². The molecule has 1 saturated heterocycles. The number of benzene rings is 2. The van der Waals surface area contributed by atoms with Crippen LogP contribution in [-0.2, 0) is 11.2 Å². The summed E-state index contributed by atoms with van der Waals surface area (Å²) in [5.74, 6) is -0.458. The maximum Gasteiger partial charge on any atom is 0.272 e. The average molecular weight is 399 g/mol. The van der Waals surface area contributed by atoms with Gasteiger partial charge in [0, 0.05) is 25.8 Å². The highest BCUT2D eigenvalue weighted by molar-refractivity contribution is 5.93. The third-order valence-corrected chi connectivity index (χ3v) is 5.51. The van der Waals surface area contributed by atoms with E-state index >= 15 is 0 Å². The molecule has 0 saturated carbocycles. The van der Waals surface area contributed by atoms with E-state index in [2.05, 4.69) is 53.6 Å². The first-order valence-electron chi connectivity index (χ1n) is 10.2. The molecule has 0 aliphatic carbocycles. The minimum atomic E-state index is -0.313. The minimum Gasteiger partial charge on any atom is -0.354 e. The number of hydrogen-bond donors (Lipinski definition) is 1. The van der Waals surface area contributed by atoms with Crippen LogP contribution in [0.3, 0.4) is 0 Å². The fourth-order valence-corrected chi connectivity index (χ4v) is 3.87. The van der Waals surface area contributed by atoms with Crippen LogP contribution in [0.4, 0.5) is 0 Å². The topological polar surface area (TPSA) is 62.3 Å². The first kappa shape index (κ1) is 19.8. The van der Waals surface area contributed by atoms with Crippen LogP contribution in [0, 0.1) is 12.8 Å². The Hall–Kier alpha value is -3.47. The molecule has 1 N–H and O–H groups in total. The van der Waals surface area contributed by atoms with Crippen molar-refractivity contribution in [3.05, 3.63) is 89.7 Å². The summed E-state index contributed by atoms with van der Waals surface area (Å²) in [5, 5.41) is 2.96. The van der Waals surface area contributed by atoms with Gasteiger partial charge in [-0.3, -0.25) is 14.6 Å². The molecule has 2 amide bonds. The van der Waals surface area contributed by atoms with Gasteiger partial charge in [0.15, 0.2) is 0 Å². The lowest BCUT2D eigenvalue weighted by atomic mass is 9.91. The summed E-state index contributed by atoms with van der Waals surface area (Å²) >= 11 is 0. The quantitative estimate of drug-likeness (QED) is 0.731. The molecule has 1 aliphatic rings. The number of rotatable bonds is 4. The molecule has 0 radical (unpaired) electrons. The Morgan fingerprint density at radius 2 is 1.83 bits per heavy atom. The van der Waals surface area contributed by atoms with Gasteiger partial charge in [-0.2, -0.15) is 0 Å². The molecule has 1 aliphatic heterocycles. The van der Waals surface area contributed by atoms with Crippen LogP contribution in [0.2, 0.25) is 0 Å². The standard InChI is InChI=1S/C25H25N3O2/c1-18-9-11-19(12-10-18)22-7-3-2-6-20(22)16-21-17-28(15-14-27-24(21)29)25(30)23-8-4-5-13-26-23/h2-13,21H,14-17H2,1H3,(H,27,29)/t21-/m1/s1. The number of hydrogen-bond acceptors (Lipinski definition) is 3. The highest BCUT2D eigenvalue weighted by Crippen LogP contribution is 2.27. The van der Waals surface area contributed by atoms with Crippen LogP contribution in [0.25, 0.3) is 11.1 Å². The van der Waals surface area contributed by atoms with Gasteiger partial charge in [-0.1, -0.05) is 60.2 Å². The fraction of sp³-hybridized carbons (Fsp3) is 0.240. The summed E-state index contributed by atoms with van der Waals surface area (Å²) in [4.78, 5) is 31.6. The van der Waals surface area contributed by atoms with Gasteiger partial charge in [0.05, 0.1) is 5.92 Å². The van der Waals surface area contributed by atoms with E-state index in [1.807, 2.05) is 12.1 Å². The fourth-order valence-electron chi connectivity index (χ4n) is 3.87. The van der Waals surface area contributed by atoms with Crippen molar-refractivity contribution in [1.29, 1.82) is 0 Å². The lowest BCUT2D eigenvalue weighted by molar-refractivity contribution is -0.124. The molecule has 3 aromatic rings. The Morgan fingerprint density at radius 3 is 2.60 bits per heavy atom. The van der Waals surface area contributed by atoms with Gasteiger partial charge in [0.2, 0.25) is 5.91 Å². The molecule has 5 heteroatoms. The zero-order valence-electron chi connectivity index (χ0n) is 17.0. The molecule has 1 aromatic heterocycles. The van der Waals surface area contributed by atoms with Crippen molar-refractivity contribution in [3.63, 3.8) is 0 Å². The van der Waals surface area contributed by atoms with Crippen molar-refractivity contribution in [2.75, 3.05) is 19.6 Å². The van der Waals surface area contributed by atoms with Crippen LogP contribution >= 0.6 is 0 Å². The summed E-state index contributed by atoms with van der Waals surface area (Å²) in [6, 6.07) is 21.9. The predicted molar refractivity (Wildman–Crippen MR) is 117 cm³/mol. The molecule has 0 unspecified atom stereocenters. The molecule has 152 valence electrons. The molecule has 2 heterocycles. The van der Waals surface area contributed by atoms with E-state index in [0.717, 1.165) is 16.7 Å². The van der Waals surface area contributed by atoms with Gasteiger partial charge in [-0.25, -0.2) is 0 Å². The Balaban J connectivity index is 1.58. The number of nitrogens with zero attached hydrogens (tertiary/aromatic N) is 2. The van der Waals surface area contributed by atoms with Gasteiger partial charge < -0.3 is 10.2 Å². The van der Waals surface area contributed by atoms with Crippen molar-refractivity contribution >= 4 is 11.8 Å².